The molecule has 1 unspecified atom stereocenters. The fourth-order valence-corrected chi connectivity index (χ4v) is 2.31. The predicted molar refractivity (Wildman–Crippen MR) is 74.5 cm³/mol. The number of rotatable bonds is 5. The van der Waals surface area contributed by atoms with E-state index in [1.165, 1.54) is 32.4 Å². The van der Waals surface area contributed by atoms with Crippen LogP contribution in [0.1, 0.15) is 26.2 Å². The molecule has 0 saturated carbocycles. The van der Waals surface area contributed by atoms with Gasteiger partial charge in [-0.1, -0.05) is 13.3 Å². The monoisotopic (exact) mass is 240 g/mol. The Hall–Kier alpha value is -0.770. The number of hydrogen-bond acceptors (Lipinski definition) is 2. The summed E-state index contributed by atoms with van der Waals surface area (Å²) in [6.45, 7) is 6.80. The van der Waals surface area contributed by atoms with E-state index in [9.17, 15) is 0 Å². The fraction of sp³-hybridized carbons (Fsp3) is 0.923. The van der Waals surface area contributed by atoms with Crippen LogP contribution in [0.5, 0.6) is 0 Å². The third kappa shape index (κ3) is 4.94. The average Bonchev–Trinajstić information content (AvgIpc) is 2.73. The van der Waals surface area contributed by atoms with Crippen molar-refractivity contribution in [2.24, 2.45) is 10.9 Å². The Morgan fingerprint density at radius 3 is 2.82 bits per heavy atom. The zero-order chi connectivity index (χ0) is 12.7. The van der Waals surface area contributed by atoms with E-state index in [2.05, 4.69) is 41.1 Å². The van der Waals surface area contributed by atoms with E-state index >= 15 is 0 Å². The van der Waals surface area contributed by atoms with Gasteiger partial charge in [-0.2, -0.15) is 0 Å². The Bertz CT molecular complexity index is 240. The van der Waals surface area contributed by atoms with Crippen molar-refractivity contribution in [1.82, 2.24) is 15.1 Å². The SMILES string of the molecule is CCCCN(C)C(=NC)NCC1CCN(C)C1. The second kappa shape index (κ2) is 7.54. The van der Waals surface area contributed by atoms with Crippen molar-refractivity contribution in [3.63, 3.8) is 0 Å². The molecular formula is C13H28N4. The molecule has 1 saturated heterocycles. The molecule has 0 aromatic carbocycles. The summed E-state index contributed by atoms with van der Waals surface area (Å²) in [5.41, 5.74) is 0. The molecule has 0 radical (unpaired) electrons. The maximum absolute atomic E-state index is 4.34. The van der Waals surface area contributed by atoms with Crippen molar-refractivity contribution in [3.8, 4) is 0 Å². The molecule has 100 valence electrons. The summed E-state index contributed by atoms with van der Waals surface area (Å²) >= 11 is 0. The number of nitrogens with one attached hydrogen (secondary N) is 1. The zero-order valence-corrected chi connectivity index (χ0v) is 11.9. The van der Waals surface area contributed by atoms with Crippen molar-refractivity contribution in [2.45, 2.75) is 26.2 Å². The highest BCUT2D eigenvalue weighted by molar-refractivity contribution is 5.79. The van der Waals surface area contributed by atoms with Crippen molar-refractivity contribution in [2.75, 3.05) is 47.3 Å². The highest BCUT2D eigenvalue weighted by Gasteiger charge is 2.19. The number of unbranched alkanes of at least 4 members (excludes halogenated alkanes) is 1. The lowest BCUT2D eigenvalue weighted by molar-refractivity contribution is 0.390. The van der Waals surface area contributed by atoms with Gasteiger partial charge in [-0.3, -0.25) is 4.99 Å². The van der Waals surface area contributed by atoms with Crippen LogP contribution >= 0.6 is 0 Å². The number of likely N-dealkylation sites (tertiary alicyclic amines) is 1. The summed E-state index contributed by atoms with van der Waals surface area (Å²) in [6.07, 6.45) is 3.76. The minimum atomic E-state index is 0.774. The average molecular weight is 240 g/mol. The maximum Gasteiger partial charge on any atom is 0.193 e. The van der Waals surface area contributed by atoms with Gasteiger partial charge in [-0.15, -0.1) is 0 Å². The van der Waals surface area contributed by atoms with Crippen LogP contribution in [-0.4, -0.2) is 63.1 Å². The summed E-state index contributed by atoms with van der Waals surface area (Å²) in [6, 6.07) is 0. The molecule has 0 bridgehead atoms. The molecule has 1 fully saturated rings. The smallest absolute Gasteiger partial charge is 0.193 e. The molecule has 4 heteroatoms. The second-order valence-corrected chi connectivity index (χ2v) is 5.12. The predicted octanol–water partition coefficient (Wildman–Crippen LogP) is 1.25. The largest absolute Gasteiger partial charge is 0.356 e. The van der Waals surface area contributed by atoms with E-state index in [0.717, 1.165) is 25.0 Å². The van der Waals surface area contributed by atoms with Crippen molar-refractivity contribution >= 4 is 5.96 Å². The van der Waals surface area contributed by atoms with Gasteiger partial charge < -0.3 is 15.1 Å². The standard InChI is InChI=1S/C13H28N4/c1-5-6-8-17(4)13(14-2)15-10-12-7-9-16(3)11-12/h12H,5-11H2,1-4H3,(H,14,15). The molecule has 0 aromatic heterocycles. The first-order valence-electron chi connectivity index (χ1n) is 6.77. The van der Waals surface area contributed by atoms with Gasteiger partial charge in [0.1, 0.15) is 0 Å². The van der Waals surface area contributed by atoms with Gasteiger partial charge >= 0.3 is 0 Å². The molecule has 17 heavy (non-hydrogen) atoms. The summed E-state index contributed by atoms with van der Waals surface area (Å²) in [4.78, 5) is 8.96. The van der Waals surface area contributed by atoms with Crippen LogP contribution in [0.3, 0.4) is 0 Å². The van der Waals surface area contributed by atoms with E-state index in [-0.39, 0.29) is 0 Å². The minimum Gasteiger partial charge on any atom is -0.356 e. The number of nitrogens with zero attached hydrogens (tertiary/aromatic N) is 3. The molecule has 1 aliphatic heterocycles. The van der Waals surface area contributed by atoms with Gasteiger partial charge in [-0.25, -0.2) is 0 Å². The van der Waals surface area contributed by atoms with Crippen LogP contribution in [0.2, 0.25) is 0 Å². The lowest BCUT2D eigenvalue weighted by atomic mass is 10.1. The molecule has 0 aliphatic carbocycles. The number of hydrogen-bond donors (Lipinski definition) is 1. The van der Waals surface area contributed by atoms with Crippen molar-refractivity contribution < 1.29 is 0 Å². The highest BCUT2D eigenvalue weighted by Crippen LogP contribution is 2.12. The van der Waals surface area contributed by atoms with Gasteiger partial charge in [-0.05, 0) is 32.4 Å². The van der Waals surface area contributed by atoms with Crippen molar-refractivity contribution in [1.29, 1.82) is 0 Å². The molecule has 1 N–H and O–H groups in total. The first-order chi connectivity index (χ1) is 8.17. The van der Waals surface area contributed by atoms with E-state index in [1.807, 2.05) is 7.05 Å². The molecule has 4 nitrogen and oxygen atoms in total. The summed E-state index contributed by atoms with van der Waals surface area (Å²) in [5, 5.41) is 3.49. The number of guanidine groups is 1. The van der Waals surface area contributed by atoms with E-state index in [4.69, 9.17) is 0 Å². The van der Waals surface area contributed by atoms with Gasteiger partial charge in [0, 0.05) is 33.7 Å². The van der Waals surface area contributed by atoms with Crippen LogP contribution < -0.4 is 5.32 Å². The molecule has 0 spiro atoms. The number of aliphatic imine (C=N–C) groups is 1. The molecule has 0 amide bonds. The molecule has 1 atom stereocenters. The van der Waals surface area contributed by atoms with Gasteiger partial charge in [0.2, 0.25) is 0 Å². The topological polar surface area (TPSA) is 30.9 Å². The minimum absolute atomic E-state index is 0.774. The van der Waals surface area contributed by atoms with Crippen LogP contribution in [0, 0.1) is 5.92 Å². The quantitative estimate of drug-likeness (QED) is 0.579. The zero-order valence-electron chi connectivity index (χ0n) is 11.9. The van der Waals surface area contributed by atoms with E-state index in [1.54, 1.807) is 0 Å². The molecular weight excluding hydrogens is 212 g/mol. The van der Waals surface area contributed by atoms with Gasteiger partial charge in [0.05, 0.1) is 0 Å². The van der Waals surface area contributed by atoms with Crippen molar-refractivity contribution in [3.05, 3.63) is 0 Å². The molecule has 1 rings (SSSR count). The van der Waals surface area contributed by atoms with Gasteiger partial charge in [0.25, 0.3) is 0 Å². The Morgan fingerprint density at radius 1 is 1.53 bits per heavy atom. The third-order valence-corrected chi connectivity index (χ3v) is 3.46. The van der Waals surface area contributed by atoms with Crippen LogP contribution in [0.4, 0.5) is 0 Å². The Balaban J connectivity index is 2.27. The van der Waals surface area contributed by atoms with Crippen LogP contribution in [0.25, 0.3) is 0 Å². The maximum atomic E-state index is 4.34. The summed E-state index contributed by atoms with van der Waals surface area (Å²) in [7, 11) is 6.18. The summed E-state index contributed by atoms with van der Waals surface area (Å²) in [5.74, 6) is 1.81. The first kappa shape index (κ1) is 14.3. The molecule has 1 aliphatic rings. The van der Waals surface area contributed by atoms with Gasteiger partial charge in [0.15, 0.2) is 5.96 Å². The first-order valence-corrected chi connectivity index (χ1v) is 6.77. The van der Waals surface area contributed by atoms with E-state index < -0.39 is 0 Å². The Morgan fingerprint density at radius 2 is 2.29 bits per heavy atom. The molecule has 0 aromatic rings. The lowest BCUT2D eigenvalue weighted by Gasteiger charge is -2.23. The van der Waals surface area contributed by atoms with Crippen LogP contribution in [0.15, 0.2) is 4.99 Å². The second-order valence-electron chi connectivity index (χ2n) is 5.12. The van der Waals surface area contributed by atoms with Crippen LogP contribution in [-0.2, 0) is 0 Å². The summed E-state index contributed by atoms with van der Waals surface area (Å²) < 4.78 is 0. The fourth-order valence-electron chi connectivity index (χ4n) is 2.31. The Labute approximate surface area is 106 Å². The van der Waals surface area contributed by atoms with E-state index in [0.29, 0.717) is 0 Å². The third-order valence-electron chi connectivity index (χ3n) is 3.46. The molecule has 1 heterocycles. The highest BCUT2D eigenvalue weighted by atomic mass is 15.3. The Kier molecular flexibility index (Phi) is 6.34. The normalized spacial score (nSPS) is 21.9. The lowest BCUT2D eigenvalue weighted by Crippen LogP contribution is -2.41.